The number of sulfonamides is 1. The van der Waals surface area contributed by atoms with Crippen LogP contribution in [-0.4, -0.2) is 28.5 Å². The Bertz CT molecular complexity index is 1180. The van der Waals surface area contributed by atoms with Gasteiger partial charge in [0.15, 0.2) is 0 Å². The molecule has 0 saturated carbocycles. The zero-order chi connectivity index (χ0) is 22.4. The minimum absolute atomic E-state index is 0.206. The molecule has 0 N–H and O–H groups in total. The van der Waals surface area contributed by atoms with Crippen LogP contribution in [0.25, 0.3) is 6.08 Å². The number of hydrogen-bond acceptors (Lipinski definition) is 5. The van der Waals surface area contributed by atoms with Gasteiger partial charge >= 0.3 is 5.97 Å². The molecule has 160 valence electrons. The molecule has 0 radical (unpaired) electrons. The molecular weight excluding hydrogens is 414 g/mol. The normalized spacial score (nSPS) is 11.3. The summed E-state index contributed by atoms with van der Waals surface area (Å²) in [5.74, 6) is 0.396. The third-order valence-corrected chi connectivity index (χ3v) is 6.44. The molecule has 31 heavy (non-hydrogen) atoms. The highest BCUT2D eigenvalue weighted by molar-refractivity contribution is 7.92. The van der Waals surface area contributed by atoms with E-state index in [9.17, 15) is 13.2 Å². The maximum atomic E-state index is 12.8. The van der Waals surface area contributed by atoms with Gasteiger partial charge in [0.05, 0.1) is 17.7 Å². The van der Waals surface area contributed by atoms with Gasteiger partial charge in [-0.3, -0.25) is 4.31 Å². The fourth-order valence-electron chi connectivity index (χ4n) is 2.84. The number of carbonyl (C=O) groups is 1. The first kappa shape index (κ1) is 22.1. The third kappa shape index (κ3) is 5.32. The largest absolute Gasteiger partial charge is 0.496 e. The Balaban J connectivity index is 1.69. The second kappa shape index (κ2) is 9.49. The number of carbonyl (C=O) groups excluding carboxylic acids is 1. The molecule has 0 unspecified atom stereocenters. The summed E-state index contributed by atoms with van der Waals surface area (Å²) in [6.07, 6.45) is 2.91. The van der Waals surface area contributed by atoms with E-state index in [4.69, 9.17) is 9.47 Å². The van der Waals surface area contributed by atoms with Crippen LogP contribution in [0.4, 0.5) is 5.69 Å². The van der Waals surface area contributed by atoms with Crippen LogP contribution in [0.5, 0.6) is 11.5 Å². The molecule has 0 spiro atoms. The number of anilines is 1. The van der Waals surface area contributed by atoms with E-state index in [0.717, 1.165) is 11.1 Å². The number of benzene rings is 3. The van der Waals surface area contributed by atoms with Gasteiger partial charge in [-0.2, -0.15) is 0 Å². The fourth-order valence-corrected chi connectivity index (χ4v) is 4.04. The topological polar surface area (TPSA) is 72.9 Å². The minimum atomic E-state index is -3.69. The maximum absolute atomic E-state index is 12.8. The molecule has 0 atom stereocenters. The molecule has 0 bridgehead atoms. The van der Waals surface area contributed by atoms with Gasteiger partial charge in [0.25, 0.3) is 10.0 Å². The molecule has 0 aliphatic rings. The molecule has 0 fully saturated rings. The van der Waals surface area contributed by atoms with Crippen molar-refractivity contribution >= 4 is 27.8 Å². The molecular formula is C24H23NO5S. The molecule has 0 amide bonds. The molecule has 0 aromatic heterocycles. The summed E-state index contributed by atoms with van der Waals surface area (Å²) in [5.41, 5.74) is 2.18. The van der Waals surface area contributed by atoms with Crippen molar-refractivity contribution in [2.24, 2.45) is 0 Å². The summed E-state index contributed by atoms with van der Waals surface area (Å²) in [6.45, 7) is 1.89. The highest BCUT2D eigenvalue weighted by atomic mass is 32.2. The summed E-state index contributed by atoms with van der Waals surface area (Å²) >= 11 is 0. The highest BCUT2D eigenvalue weighted by Gasteiger charge is 2.21. The second-order valence-electron chi connectivity index (χ2n) is 6.78. The van der Waals surface area contributed by atoms with Crippen LogP contribution in [0, 0.1) is 6.92 Å². The lowest BCUT2D eigenvalue weighted by Crippen LogP contribution is -2.26. The first-order valence-electron chi connectivity index (χ1n) is 9.50. The molecule has 3 rings (SSSR count). The van der Waals surface area contributed by atoms with E-state index >= 15 is 0 Å². The van der Waals surface area contributed by atoms with Gasteiger partial charge in [-0.05, 0) is 55.5 Å². The van der Waals surface area contributed by atoms with E-state index in [2.05, 4.69) is 0 Å². The van der Waals surface area contributed by atoms with Crippen LogP contribution in [0.3, 0.4) is 0 Å². The monoisotopic (exact) mass is 437 g/mol. The zero-order valence-corrected chi connectivity index (χ0v) is 18.3. The Morgan fingerprint density at radius 3 is 2.23 bits per heavy atom. The van der Waals surface area contributed by atoms with Crippen molar-refractivity contribution in [3.8, 4) is 11.5 Å². The maximum Gasteiger partial charge on any atom is 0.336 e. The van der Waals surface area contributed by atoms with Crippen LogP contribution in [0.15, 0.2) is 83.8 Å². The van der Waals surface area contributed by atoms with Gasteiger partial charge in [-0.15, -0.1) is 0 Å². The van der Waals surface area contributed by atoms with Crippen molar-refractivity contribution in [1.82, 2.24) is 0 Å². The van der Waals surface area contributed by atoms with Crippen LogP contribution >= 0.6 is 0 Å². The molecule has 3 aromatic rings. The smallest absolute Gasteiger partial charge is 0.336 e. The molecule has 0 saturated heterocycles. The quantitative estimate of drug-likeness (QED) is 0.310. The minimum Gasteiger partial charge on any atom is -0.496 e. The Hall–Kier alpha value is -3.58. The number of methoxy groups -OCH3 is 1. The number of rotatable bonds is 7. The Morgan fingerprint density at radius 2 is 1.58 bits per heavy atom. The summed E-state index contributed by atoms with van der Waals surface area (Å²) < 4.78 is 37.3. The van der Waals surface area contributed by atoms with Gasteiger partial charge in [0.2, 0.25) is 0 Å². The fraction of sp³-hybridized carbons (Fsp3) is 0.125. The Morgan fingerprint density at radius 1 is 0.935 bits per heavy atom. The molecule has 0 aliphatic heterocycles. The number of hydrogen-bond donors (Lipinski definition) is 0. The van der Waals surface area contributed by atoms with Crippen molar-refractivity contribution in [3.05, 3.63) is 90.0 Å². The lowest BCUT2D eigenvalue weighted by Gasteiger charge is -2.19. The lowest BCUT2D eigenvalue weighted by molar-refractivity contribution is -0.128. The highest BCUT2D eigenvalue weighted by Crippen LogP contribution is 2.25. The zero-order valence-electron chi connectivity index (χ0n) is 17.5. The van der Waals surface area contributed by atoms with E-state index in [1.807, 2.05) is 25.1 Å². The summed E-state index contributed by atoms with van der Waals surface area (Å²) in [5, 5.41) is 0. The SMILES string of the molecule is COc1ccccc1C=CC(=O)Oc1ccc(N(C)S(=O)(=O)c2ccc(C)cc2)cc1. The van der Waals surface area contributed by atoms with Gasteiger partial charge < -0.3 is 9.47 Å². The van der Waals surface area contributed by atoms with Crippen LogP contribution in [0.2, 0.25) is 0 Å². The lowest BCUT2D eigenvalue weighted by atomic mass is 10.2. The van der Waals surface area contributed by atoms with E-state index < -0.39 is 16.0 Å². The van der Waals surface area contributed by atoms with Crippen LogP contribution < -0.4 is 13.8 Å². The van der Waals surface area contributed by atoms with Crippen LogP contribution in [0.1, 0.15) is 11.1 Å². The van der Waals surface area contributed by atoms with E-state index in [0.29, 0.717) is 17.2 Å². The number of nitrogens with zero attached hydrogens (tertiary/aromatic N) is 1. The number of esters is 1. The number of aryl methyl sites for hydroxylation is 1. The molecule has 3 aromatic carbocycles. The van der Waals surface area contributed by atoms with Gasteiger partial charge in [-0.25, -0.2) is 13.2 Å². The Kier molecular flexibility index (Phi) is 6.77. The van der Waals surface area contributed by atoms with E-state index in [-0.39, 0.29) is 4.90 Å². The van der Waals surface area contributed by atoms with Crippen LogP contribution in [-0.2, 0) is 14.8 Å². The van der Waals surface area contributed by atoms with Crippen molar-refractivity contribution < 1.29 is 22.7 Å². The number of ether oxygens (including phenoxy) is 2. The van der Waals surface area contributed by atoms with E-state index in [1.54, 1.807) is 67.8 Å². The molecule has 6 nitrogen and oxygen atoms in total. The van der Waals surface area contributed by atoms with Crippen molar-refractivity contribution in [2.75, 3.05) is 18.5 Å². The predicted octanol–water partition coefficient (Wildman–Crippen LogP) is 4.45. The van der Waals surface area contributed by atoms with Gasteiger partial charge in [-0.1, -0.05) is 35.9 Å². The van der Waals surface area contributed by atoms with Gasteiger partial charge in [0, 0.05) is 18.7 Å². The summed E-state index contributed by atoms with van der Waals surface area (Å²) in [6, 6.07) is 20.2. The van der Waals surface area contributed by atoms with E-state index in [1.165, 1.54) is 17.4 Å². The standard InChI is InChI=1S/C24H23NO5S/c1-18-8-15-22(16-9-18)31(27,28)25(2)20-11-13-21(14-12-20)30-24(26)17-10-19-6-4-5-7-23(19)29-3/h4-17H,1-3H3. The number of para-hydroxylation sites is 1. The molecule has 0 aliphatic carbocycles. The third-order valence-electron chi connectivity index (χ3n) is 4.64. The predicted molar refractivity (Wildman–Crippen MR) is 121 cm³/mol. The summed E-state index contributed by atoms with van der Waals surface area (Å²) in [4.78, 5) is 12.3. The van der Waals surface area contributed by atoms with Crippen molar-refractivity contribution in [2.45, 2.75) is 11.8 Å². The van der Waals surface area contributed by atoms with Crippen molar-refractivity contribution in [3.63, 3.8) is 0 Å². The molecule has 0 heterocycles. The average molecular weight is 438 g/mol. The summed E-state index contributed by atoms with van der Waals surface area (Å²) in [7, 11) is -0.652. The van der Waals surface area contributed by atoms with Crippen molar-refractivity contribution in [1.29, 1.82) is 0 Å². The first-order chi connectivity index (χ1) is 14.8. The average Bonchev–Trinajstić information content (AvgIpc) is 2.78. The second-order valence-corrected chi connectivity index (χ2v) is 8.75. The first-order valence-corrected chi connectivity index (χ1v) is 10.9. The Labute approximate surface area is 182 Å². The van der Waals surface area contributed by atoms with Gasteiger partial charge in [0.1, 0.15) is 11.5 Å². The molecule has 7 heteroatoms.